The lowest BCUT2D eigenvalue weighted by Crippen LogP contribution is -1.76. The van der Waals surface area contributed by atoms with Crippen LogP contribution in [0, 0.1) is 11.6 Å². The first-order valence-electron chi connectivity index (χ1n) is 5.18. The molecule has 2 rings (SSSR count). The van der Waals surface area contributed by atoms with Crippen LogP contribution in [0.4, 0.5) is 8.78 Å². The molecular weight excluding hydrogens is 345 g/mol. The summed E-state index contributed by atoms with van der Waals surface area (Å²) in [6.45, 7) is 0. The summed E-state index contributed by atoms with van der Waals surface area (Å²) in [5, 5.41) is 0. The highest BCUT2D eigenvalue weighted by Crippen LogP contribution is 2.70. The zero-order valence-corrected chi connectivity index (χ0v) is 13.2. The van der Waals surface area contributed by atoms with Crippen LogP contribution in [0.5, 0.6) is 0 Å². The molecule has 0 aromatic heterocycles. The Labute approximate surface area is 129 Å². The van der Waals surface area contributed by atoms with Gasteiger partial charge >= 0.3 is 5.77 Å². The number of benzene rings is 2. The summed E-state index contributed by atoms with van der Waals surface area (Å²) in [7, 11) is 0. The van der Waals surface area contributed by atoms with Crippen LogP contribution in [0.25, 0.3) is 0 Å². The summed E-state index contributed by atoms with van der Waals surface area (Å²) in [6, 6.07) is 10.7. The molecule has 0 fully saturated rings. The Bertz CT molecular complexity index is 556. The van der Waals surface area contributed by atoms with E-state index in [9.17, 15) is 18.2 Å². The van der Waals surface area contributed by atoms with Gasteiger partial charge in [-0.05, 0) is 71.3 Å². The van der Waals surface area contributed by atoms with Gasteiger partial charge in [-0.15, -0.1) is 12.4 Å². The minimum atomic E-state index is -3.58. The molecule has 20 heavy (non-hydrogen) atoms. The summed E-state index contributed by atoms with van der Waals surface area (Å²) in [6.07, 6.45) is 0. The zero-order valence-electron chi connectivity index (χ0n) is 9.90. The van der Waals surface area contributed by atoms with Crippen molar-refractivity contribution in [3.63, 3.8) is 0 Å². The van der Waals surface area contributed by atoms with E-state index in [0.29, 0.717) is 9.79 Å². The topological polar surface area (TPSA) is 37.3 Å². The normalized spacial score (nSPS) is 10.9. The highest BCUT2D eigenvalue weighted by molar-refractivity contribution is 8.89. The number of hydrogen-bond donors (Lipinski definition) is 1. The summed E-state index contributed by atoms with van der Waals surface area (Å²) in [5.74, 6) is -4.38. The van der Waals surface area contributed by atoms with E-state index in [1.54, 1.807) is 0 Å². The molecule has 8 heteroatoms. The van der Waals surface area contributed by atoms with Crippen molar-refractivity contribution in [3.05, 3.63) is 60.2 Å². The van der Waals surface area contributed by atoms with E-state index in [1.807, 2.05) is 0 Å². The molecule has 2 aromatic carbocycles. The predicted octanol–water partition coefficient (Wildman–Crippen LogP) is 5.37. The third kappa shape index (κ3) is 5.46. The molecule has 0 bridgehead atoms. The first-order valence-corrected chi connectivity index (χ1v) is 9.68. The Kier molecular flexibility index (Phi) is 6.55. The highest BCUT2D eigenvalue weighted by atomic mass is 35.5. The van der Waals surface area contributed by atoms with Gasteiger partial charge in [-0.1, -0.05) is 0 Å². The standard InChI is InChI=1S/C12H9F2O2PS2.ClH/c13-9-1-5-11(6-2-9)18-17(15,16)19-12-7-3-10(14)4-8-12;/h1-8H,(H,15,16);1H. The van der Waals surface area contributed by atoms with E-state index in [1.165, 1.54) is 48.5 Å². The lowest BCUT2D eigenvalue weighted by Gasteiger charge is -2.09. The average Bonchev–Trinajstić information content (AvgIpc) is 2.34. The van der Waals surface area contributed by atoms with Crippen molar-refractivity contribution in [1.82, 2.24) is 0 Å². The second-order valence-corrected chi connectivity index (χ2v) is 10.6. The van der Waals surface area contributed by atoms with E-state index in [0.717, 1.165) is 22.8 Å². The molecule has 108 valence electrons. The average molecular weight is 355 g/mol. The quantitative estimate of drug-likeness (QED) is 0.749. The molecular formula is C12H10ClF2O2PS2. The van der Waals surface area contributed by atoms with E-state index < -0.39 is 17.4 Å². The van der Waals surface area contributed by atoms with Crippen molar-refractivity contribution >= 4 is 40.9 Å². The predicted molar refractivity (Wildman–Crippen MR) is 81.6 cm³/mol. The molecule has 0 amide bonds. The smallest absolute Gasteiger partial charge is 0.319 e. The van der Waals surface area contributed by atoms with Gasteiger partial charge in [-0.3, -0.25) is 4.57 Å². The fourth-order valence-corrected chi connectivity index (χ4v) is 6.69. The zero-order chi connectivity index (χ0) is 13.9. The van der Waals surface area contributed by atoms with Gasteiger partial charge in [0.05, 0.1) is 0 Å². The molecule has 2 aromatic rings. The van der Waals surface area contributed by atoms with Crippen LogP contribution in [0.2, 0.25) is 0 Å². The maximum absolute atomic E-state index is 12.7. The molecule has 1 N–H and O–H groups in total. The van der Waals surface area contributed by atoms with E-state index >= 15 is 0 Å². The molecule has 0 saturated carbocycles. The van der Waals surface area contributed by atoms with Gasteiger partial charge in [0.15, 0.2) is 0 Å². The summed E-state index contributed by atoms with van der Waals surface area (Å²) in [5.41, 5.74) is 0. The molecule has 2 nitrogen and oxygen atoms in total. The molecule has 0 aliphatic heterocycles. The minimum Gasteiger partial charge on any atom is -0.329 e. The van der Waals surface area contributed by atoms with Gasteiger partial charge in [0.1, 0.15) is 11.6 Å². The first kappa shape index (κ1) is 17.5. The van der Waals surface area contributed by atoms with Crippen molar-refractivity contribution in [3.8, 4) is 0 Å². The molecule has 0 saturated heterocycles. The SMILES string of the molecule is Cl.O=P(O)(Sc1ccc(F)cc1)Sc1ccc(F)cc1. The lowest BCUT2D eigenvalue weighted by molar-refractivity contribution is 0.514. The molecule has 0 unspecified atom stereocenters. The maximum atomic E-state index is 12.7. The fraction of sp³-hybridized carbons (Fsp3) is 0. The Morgan fingerprint density at radius 1 is 0.800 bits per heavy atom. The Hall–Kier alpha value is -0.520. The summed E-state index contributed by atoms with van der Waals surface area (Å²) >= 11 is 1.53. The van der Waals surface area contributed by atoms with Crippen LogP contribution in [0.15, 0.2) is 58.3 Å². The van der Waals surface area contributed by atoms with Crippen LogP contribution >= 0.6 is 40.9 Å². The lowest BCUT2D eigenvalue weighted by atomic mass is 10.4. The number of hydrogen-bond acceptors (Lipinski definition) is 3. The Morgan fingerprint density at radius 3 is 1.40 bits per heavy atom. The van der Waals surface area contributed by atoms with Crippen LogP contribution in [0.3, 0.4) is 0 Å². The maximum Gasteiger partial charge on any atom is 0.319 e. The van der Waals surface area contributed by atoms with E-state index in [4.69, 9.17) is 0 Å². The first-order chi connectivity index (χ1) is 8.94. The summed E-state index contributed by atoms with van der Waals surface area (Å²) < 4.78 is 37.5. The van der Waals surface area contributed by atoms with Crippen LogP contribution in [-0.2, 0) is 4.57 Å². The van der Waals surface area contributed by atoms with Gasteiger partial charge in [0, 0.05) is 9.79 Å². The molecule has 0 atom stereocenters. The van der Waals surface area contributed by atoms with Crippen LogP contribution in [0.1, 0.15) is 0 Å². The van der Waals surface area contributed by atoms with E-state index in [2.05, 4.69) is 0 Å². The van der Waals surface area contributed by atoms with Crippen molar-refractivity contribution in [2.24, 2.45) is 0 Å². The third-order valence-electron chi connectivity index (χ3n) is 2.07. The van der Waals surface area contributed by atoms with Gasteiger partial charge in [-0.2, -0.15) is 0 Å². The highest BCUT2D eigenvalue weighted by Gasteiger charge is 2.22. The molecule has 0 spiro atoms. The largest absolute Gasteiger partial charge is 0.329 e. The van der Waals surface area contributed by atoms with Crippen molar-refractivity contribution in [1.29, 1.82) is 0 Å². The van der Waals surface area contributed by atoms with Gasteiger partial charge in [-0.25, -0.2) is 8.78 Å². The van der Waals surface area contributed by atoms with Crippen LogP contribution < -0.4 is 0 Å². The fourth-order valence-electron chi connectivity index (χ4n) is 1.28. The Balaban J connectivity index is 0.00000200. The molecule has 0 radical (unpaired) electrons. The third-order valence-corrected chi connectivity index (χ3v) is 7.49. The van der Waals surface area contributed by atoms with Gasteiger partial charge in [0.2, 0.25) is 0 Å². The van der Waals surface area contributed by atoms with Crippen molar-refractivity contribution in [2.45, 2.75) is 9.79 Å². The number of halogens is 3. The monoisotopic (exact) mass is 354 g/mol. The summed E-state index contributed by atoms with van der Waals surface area (Å²) in [4.78, 5) is 10.9. The molecule has 0 heterocycles. The van der Waals surface area contributed by atoms with E-state index in [-0.39, 0.29) is 12.4 Å². The Morgan fingerprint density at radius 2 is 1.10 bits per heavy atom. The van der Waals surface area contributed by atoms with Crippen LogP contribution in [-0.4, -0.2) is 4.89 Å². The van der Waals surface area contributed by atoms with Gasteiger partial charge < -0.3 is 4.89 Å². The van der Waals surface area contributed by atoms with Gasteiger partial charge in [0.25, 0.3) is 0 Å². The second-order valence-electron chi connectivity index (χ2n) is 3.56. The van der Waals surface area contributed by atoms with Crippen molar-refractivity contribution in [2.75, 3.05) is 0 Å². The number of rotatable bonds is 4. The molecule has 0 aliphatic carbocycles. The second kappa shape index (κ2) is 7.48. The minimum absolute atomic E-state index is 0. The molecule has 0 aliphatic rings. The van der Waals surface area contributed by atoms with Crippen molar-refractivity contribution < 1.29 is 18.2 Å².